The number of aryl methyl sites for hydroxylation is 3. The fourth-order valence-corrected chi connectivity index (χ4v) is 2.91. The molecule has 0 aliphatic carbocycles. The van der Waals surface area contributed by atoms with Crippen LogP contribution in [0.1, 0.15) is 32.9 Å². The normalized spacial score (nSPS) is 10.6. The van der Waals surface area contributed by atoms with Gasteiger partial charge in [-0.3, -0.25) is 4.79 Å². The van der Waals surface area contributed by atoms with Gasteiger partial charge in [-0.25, -0.2) is 0 Å². The van der Waals surface area contributed by atoms with Crippen molar-refractivity contribution in [2.75, 3.05) is 20.2 Å². The lowest BCUT2D eigenvalue weighted by Crippen LogP contribution is -2.30. The van der Waals surface area contributed by atoms with Crippen LogP contribution in [-0.2, 0) is 6.61 Å². The van der Waals surface area contributed by atoms with Gasteiger partial charge in [0.1, 0.15) is 30.5 Å². The average molecular weight is 394 g/mol. The van der Waals surface area contributed by atoms with Gasteiger partial charge < -0.3 is 18.9 Å². The van der Waals surface area contributed by atoms with Crippen molar-refractivity contribution in [1.82, 2.24) is 10.1 Å². The summed E-state index contributed by atoms with van der Waals surface area (Å²) >= 11 is 0. The fraction of sp³-hybridized carbons (Fsp3) is 0.304. The van der Waals surface area contributed by atoms with Crippen molar-refractivity contribution in [3.8, 4) is 11.5 Å². The summed E-state index contributed by atoms with van der Waals surface area (Å²) in [5.74, 6) is 2.09. The predicted molar refractivity (Wildman–Crippen MR) is 110 cm³/mol. The smallest absolute Gasteiger partial charge is 0.253 e. The first-order valence-corrected chi connectivity index (χ1v) is 9.53. The van der Waals surface area contributed by atoms with E-state index in [-0.39, 0.29) is 5.91 Å². The summed E-state index contributed by atoms with van der Waals surface area (Å²) in [5, 5.41) is 3.92. The molecule has 2 aromatic carbocycles. The van der Waals surface area contributed by atoms with Gasteiger partial charge in [0.25, 0.3) is 5.91 Å². The second kappa shape index (κ2) is 9.28. The molecule has 3 aromatic rings. The number of ether oxygens (including phenoxy) is 2. The highest BCUT2D eigenvalue weighted by Gasteiger charge is 2.14. The van der Waals surface area contributed by atoms with Crippen LogP contribution < -0.4 is 9.47 Å². The number of aromatic nitrogens is 1. The summed E-state index contributed by atoms with van der Waals surface area (Å²) in [6.45, 7) is 7.00. The van der Waals surface area contributed by atoms with Crippen molar-refractivity contribution in [3.05, 3.63) is 76.7 Å². The van der Waals surface area contributed by atoms with E-state index in [0.717, 1.165) is 28.3 Å². The van der Waals surface area contributed by atoms with Gasteiger partial charge in [0.15, 0.2) is 0 Å². The summed E-state index contributed by atoms with van der Waals surface area (Å²) in [7, 11) is 1.76. The Bertz CT molecular complexity index is 961. The molecule has 0 bridgehead atoms. The number of nitrogens with zero attached hydrogens (tertiary/aromatic N) is 2. The lowest BCUT2D eigenvalue weighted by atomic mass is 10.2. The molecule has 0 radical (unpaired) electrons. The van der Waals surface area contributed by atoms with E-state index in [4.69, 9.17) is 14.0 Å². The van der Waals surface area contributed by atoms with Gasteiger partial charge in [-0.2, -0.15) is 0 Å². The topological polar surface area (TPSA) is 64.8 Å². The first-order valence-electron chi connectivity index (χ1n) is 9.53. The van der Waals surface area contributed by atoms with Crippen LogP contribution in [0.25, 0.3) is 0 Å². The number of hydrogen-bond acceptors (Lipinski definition) is 5. The SMILES string of the molecule is Cc1cccc(OCCN(C)C(=O)c2cccc(OCc3c(C)noc3C)c2)c1. The third kappa shape index (κ3) is 5.38. The second-order valence-corrected chi connectivity index (χ2v) is 7.01. The number of hydrogen-bond donors (Lipinski definition) is 0. The minimum atomic E-state index is -0.0827. The van der Waals surface area contributed by atoms with E-state index in [1.807, 2.05) is 57.2 Å². The Morgan fingerprint density at radius 1 is 1.03 bits per heavy atom. The van der Waals surface area contributed by atoms with Gasteiger partial charge in [0.2, 0.25) is 0 Å². The zero-order chi connectivity index (χ0) is 20.8. The van der Waals surface area contributed by atoms with Crippen molar-refractivity contribution >= 4 is 5.91 Å². The van der Waals surface area contributed by atoms with E-state index >= 15 is 0 Å². The van der Waals surface area contributed by atoms with E-state index in [9.17, 15) is 4.79 Å². The highest BCUT2D eigenvalue weighted by molar-refractivity contribution is 5.94. The zero-order valence-electron chi connectivity index (χ0n) is 17.3. The van der Waals surface area contributed by atoms with E-state index < -0.39 is 0 Å². The predicted octanol–water partition coefficient (Wildman–Crippen LogP) is 4.33. The Morgan fingerprint density at radius 2 is 1.76 bits per heavy atom. The lowest BCUT2D eigenvalue weighted by molar-refractivity contribution is 0.0773. The molecule has 3 rings (SSSR count). The van der Waals surface area contributed by atoms with Crippen molar-refractivity contribution in [1.29, 1.82) is 0 Å². The Labute approximate surface area is 171 Å². The molecular formula is C23H26N2O4. The molecule has 1 aromatic heterocycles. The molecule has 0 saturated heterocycles. The molecule has 6 heteroatoms. The van der Waals surface area contributed by atoms with E-state index in [2.05, 4.69) is 5.16 Å². The van der Waals surface area contributed by atoms with Gasteiger partial charge in [-0.05, 0) is 56.7 Å². The van der Waals surface area contributed by atoms with Crippen molar-refractivity contribution in [2.24, 2.45) is 0 Å². The molecule has 0 N–H and O–H groups in total. The van der Waals surface area contributed by atoms with Crippen LogP contribution in [-0.4, -0.2) is 36.2 Å². The Morgan fingerprint density at radius 3 is 2.45 bits per heavy atom. The monoisotopic (exact) mass is 394 g/mol. The van der Waals surface area contributed by atoms with E-state index in [0.29, 0.717) is 31.1 Å². The summed E-state index contributed by atoms with van der Waals surface area (Å²) in [6.07, 6.45) is 0. The molecular weight excluding hydrogens is 368 g/mol. The summed E-state index contributed by atoms with van der Waals surface area (Å²) in [5.41, 5.74) is 3.44. The van der Waals surface area contributed by atoms with Crippen molar-refractivity contribution in [3.63, 3.8) is 0 Å². The zero-order valence-corrected chi connectivity index (χ0v) is 17.3. The van der Waals surface area contributed by atoms with E-state index in [1.54, 1.807) is 24.1 Å². The van der Waals surface area contributed by atoms with Gasteiger partial charge >= 0.3 is 0 Å². The van der Waals surface area contributed by atoms with Gasteiger partial charge in [0, 0.05) is 12.6 Å². The minimum Gasteiger partial charge on any atom is -0.492 e. The Hall–Kier alpha value is -3.28. The number of rotatable bonds is 8. The van der Waals surface area contributed by atoms with Gasteiger partial charge in [0.05, 0.1) is 17.8 Å². The highest BCUT2D eigenvalue weighted by atomic mass is 16.5. The van der Waals surface area contributed by atoms with Crippen molar-refractivity contribution < 1.29 is 18.8 Å². The Balaban J connectivity index is 1.55. The van der Waals surface area contributed by atoms with Crippen molar-refractivity contribution in [2.45, 2.75) is 27.4 Å². The molecule has 0 aliphatic rings. The molecule has 0 fully saturated rings. The molecule has 29 heavy (non-hydrogen) atoms. The number of benzene rings is 2. The number of amides is 1. The third-order valence-corrected chi connectivity index (χ3v) is 4.68. The van der Waals surface area contributed by atoms with Crippen LogP contribution in [0.5, 0.6) is 11.5 Å². The lowest BCUT2D eigenvalue weighted by Gasteiger charge is -2.18. The minimum absolute atomic E-state index is 0.0827. The van der Waals surface area contributed by atoms with E-state index in [1.165, 1.54) is 0 Å². The quantitative estimate of drug-likeness (QED) is 0.569. The van der Waals surface area contributed by atoms with Crippen LogP contribution >= 0.6 is 0 Å². The number of likely N-dealkylation sites (N-methyl/N-ethyl adjacent to an activating group) is 1. The molecule has 1 heterocycles. The molecule has 1 amide bonds. The van der Waals surface area contributed by atoms with Gasteiger partial charge in [-0.1, -0.05) is 23.4 Å². The van der Waals surface area contributed by atoms with Crippen LogP contribution in [0, 0.1) is 20.8 Å². The molecule has 0 atom stereocenters. The van der Waals surface area contributed by atoms with Crippen LogP contribution in [0.4, 0.5) is 0 Å². The first kappa shape index (κ1) is 20.5. The standard InChI is InChI=1S/C23H26N2O4/c1-16-7-5-9-20(13-16)27-12-11-25(4)23(26)19-8-6-10-21(14-19)28-15-22-17(2)24-29-18(22)3/h5-10,13-14H,11-12,15H2,1-4H3. The van der Waals surface area contributed by atoms with Gasteiger partial charge in [-0.15, -0.1) is 0 Å². The fourth-order valence-electron chi connectivity index (χ4n) is 2.91. The number of carbonyl (C=O) groups is 1. The van der Waals surface area contributed by atoms with Crippen LogP contribution in [0.15, 0.2) is 53.1 Å². The molecule has 0 spiro atoms. The highest BCUT2D eigenvalue weighted by Crippen LogP contribution is 2.19. The maximum absolute atomic E-state index is 12.7. The van der Waals surface area contributed by atoms with Crippen LogP contribution in [0.3, 0.4) is 0 Å². The Kier molecular flexibility index (Phi) is 6.54. The summed E-state index contributed by atoms with van der Waals surface area (Å²) in [6, 6.07) is 15.0. The maximum atomic E-state index is 12.7. The average Bonchev–Trinajstić information content (AvgIpc) is 3.03. The molecule has 152 valence electrons. The third-order valence-electron chi connectivity index (χ3n) is 4.68. The largest absolute Gasteiger partial charge is 0.492 e. The molecule has 0 aliphatic heterocycles. The molecule has 0 saturated carbocycles. The molecule has 6 nitrogen and oxygen atoms in total. The molecule has 0 unspecified atom stereocenters. The maximum Gasteiger partial charge on any atom is 0.253 e. The first-order chi connectivity index (χ1) is 13.9. The second-order valence-electron chi connectivity index (χ2n) is 7.01. The van der Waals surface area contributed by atoms with Crippen LogP contribution in [0.2, 0.25) is 0 Å². The summed E-state index contributed by atoms with van der Waals surface area (Å²) < 4.78 is 16.7. The number of carbonyl (C=O) groups excluding carboxylic acids is 1. The summed E-state index contributed by atoms with van der Waals surface area (Å²) in [4.78, 5) is 14.4.